The summed E-state index contributed by atoms with van der Waals surface area (Å²) in [7, 11) is 0. The first kappa shape index (κ1) is 20.3. The van der Waals surface area contributed by atoms with Crippen LogP contribution in [0.15, 0.2) is 30.3 Å². The summed E-state index contributed by atoms with van der Waals surface area (Å²) in [6, 6.07) is 7.55. The van der Waals surface area contributed by atoms with Crippen molar-refractivity contribution >= 4 is 17.8 Å². The second kappa shape index (κ2) is 8.31. The quantitative estimate of drug-likeness (QED) is 0.804. The molecule has 28 heavy (non-hydrogen) atoms. The molecule has 2 heterocycles. The van der Waals surface area contributed by atoms with Crippen LogP contribution in [-0.4, -0.2) is 58.6 Å². The normalized spacial score (nSPS) is 23.5. The maximum absolute atomic E-state index is 13.3. The van der Waals surface area contributed by atoms with Gasteiger partial charge in [-0.05, 0) is 58.6 Å². The van der Waals surface area contributed by atoms with Crippen molar-refractivity contribution < 1.29 is 19.1 Å². The van der Waals surface area contributed by atoms with E-state index in [1.165, 1.54) is 0 Å². The van der Waals surface area contributed by atoms with Crippen LogP contribution >= 0.6 is 0 Å². The smallest absolute Gasteiger partial charge is 0.331 e. The van der Waals surface area contributed by atoms with E-state index in [0.29, 0.717) is 24.9 Å². The van der Waals surface area contributed by atoms with Crippen LogP contribution in [0.2, 0.25) is 0 Å². The summed E-state index contributed by atoms with van der Waals surface area (Å²) in [4.78, 5) is 38.6. The van der Waals surface area contributed by atoms with Gasteiger partial charge in [0.1, 0.15) is 17.7 Å². The third-order valence-electron chi connectivity index (χ3n) is 4.95. The fourth-order valence-electron chi connectivity index (χ4n) is 3.72. The number of esters is 1. The van der Waals surface area contributed by atoms with Gasteiger partial charge in [0.05, 0.1) is 0 Å². The summed E-state index contributed by atoms with van der Waals surface area (Å²) in [6.45, 7) is 6.86. The lowest BCUT2D eigenvalue weighted by Gasteiger charge is -2.43. The molecule has 2 aliphatic heterocycles. The summed E-state index contributed by atoms with van der Waals surface area (Å²) >= 11 is 0. The highest BCUT2D eigenvalue weighted by atomic mass is 16.6. The number of ether oxygens (including phenoxy) is 1. The zero-order chi connectivity index (χ0) is 20.3. The number of nitrogens with one attached hydrogen (secondary N) is 1. The van der Waals surface area contributed by atoms with Crippen molar-refractivity contribution in [3.63, 3.8) is 0 Å². The van der Waals surface area contributed by atoms with Crippen LogP contribution < -0.4 is 5.32 Å². The first-order valence-corrected chi connectivity index (χ1v) is 9.93. The lowest BCUT2D eigenvalue weighted by Crippen LogP contribution is -2.61. The van der Waals surface area contributed by atoms with E-state index < -0.39 is 17.7 Å². The number of rotatable bonds is 3. The van der Waals surface area contributed by atoms with Crippen LogP contribution in [-0.2, 0) is 14.3 Å². The Balaban J connectivity index is 1.78. The van der Waals surface area contributed by atoms with Gasteiger partial charge < -0.3 is 10.1 Å². The van der Waals surface area contributed by atoms with Crippen molar-refractivity contribution in [1.29, 1.82) is 0 Å². The van der Waals surface area contributed by atoms with Crippen molar-refractivity contribution in [2.24, 2.45) is 0 Å². The molecule has 3 rings (SSSR count). The monoisotopic (exact) mass is 387 g/mol. The summed E-state index contributed by atoms with van der Waals surface area (Å²) in [5.41, 5.74) is -0.103. The molecule has 0 aliphatic carbocycles. The number of benzene rings is 1. The number of nitrogens with zero attached hydrogens (tertiary/aromatic N) is 2. The van der Waals surface area contributed by atoms with Crippen LogP contribution in [0.1, 0.15) is 56.8 Å². The van der Waals surface area contributed by atoms with Gasteiger partial charge >= 0.3 is 5.97 Å². The summed E-state index contributed by atoms with van der Waals surface area (Å²) < 4.78 is 5.55. The van der Waals surface area contributed by atoms with Crippen LogP contribution in [0.25, 0.3) is 0 Å². The molecule has 152 valence electrons. The second-order valence-electron chi connectivity index (χ2n) is 8.36. The third kappa shape index (κ3) is 4.70. The van der Waals surface area contributed by atoms with Gasteiger partial charge in [-0.1, -0.05) is 18.2 Å². The number of carbonyl (C=O) groups excluding carboxylic acids is 3. The fraction of sp³-hybridized carbons (Fsp3) is 0.571. The number of amides is 2. The van der Waals surface area contributed by atoms with Gasteiger partial charge in [0.2, 0.25) is 0 Å². The van der Waals surface area contributed by atoms with Crippen molar-refractivity contribution in [3.05, 3.63) is 35.9 Å². The maximum atomic E-state index is 13.3. The molecule has 1 aromatic carbocycles. The molecule has 2 atom stereocenters. The molecule has 1 N–H and O–H groups in total. The van der Waals surface area contributed by atoms with E-state index in [0.717, 1.165) is 19.4 Å². The van der Waals surface area contributed by atoms with Crippen molar-refractivity contribution in [2.75, 3.05) is 13.1 Å². The summed E-state index contributed by atoms with van der Waals surface area (Å²) in [5.74, 6) is -0.906. The average Bonchev–Trinajstić information content (AvgIpc) is 2.80. The van der Waals surface area contributed by atoms with E-state index in [4.69, 9.17) is 4.74 Å². The Hall–Kier alpha value is -2.41. The lowest BCUT2D eigenvalue weighted by molar-refractivity contribution is -0.184. The maximum Gasteiger partial charge on any atom is 0.331 e. The fourth-order valence-corrected chi connectivity index (χ4v) is 3.72. The minimum atomic E-state index is -0.652. The van der Waals surface area contributed by atoms with Gasteiger partial charge in [-0.15, -0.1) is 0 Å². The predicted octanol–water partition coefficient (Wildman–Crippen LogP) is 2.13. The highest BCUT2D eigenvalue weighted by Gasteiger charge is 2.43. The van der Waals surface area contributed by atoms with E-state index >= 15 is 0 Å². The Bertz CT molecular complexity index is 729. The van der Waals surface area contributed by atoms with Gasteiger partial charge in [-0.3, -0.25) is 14.6 Å². The zero-order valence-electron chi connectivity index (χ0n) is 16.8. The van der Waals surface area contributed by atoms with Crippen LogP contribution in [0.4, 0.5) is 0 Å². The number of hydrogen-bond donors (Lipinski definition) is 1. The minimum absolute atomic E-state index is 0.239. The van der Waals surface area contributed by atoms with E-state index in [2.05, 4.69) is 5.32 Å². The Morgan fingerprint density at radius 2 is 1.71 bits per heavy atom. The standard InChI is InChI=1S/C21H29N3O4/c1-21(2,3)28-20(27)17-12-8-14-23-13-7-11-16(19(26)24(17)23)22-18(25)15-9-5-4-6-10-15/h4-6,9-10,16-17H,7-8,11-14H2,1-3H3,(H,22,25)/t16-,17-/m0/s1. The minimum Gasteiger partial charge on any atom is -0.458 e. The highest BCUT2D eigenvalue weighted by Crippen LogP contribution is 2.26. The van der Waals surface area contributed by atoms with Crippen LogP contribution in [0.3, 0.4) is 0 Å². The molecular weight excluding hydrogens is 358 g/mol. The second-order valence-corrected chi connectivity index (χ2v) is 8.36. The van der Waals surface area contributed by atoms with Crippen molar-refractivity contribution in [3.8, 4) is 0 Å². The summed E-state index contributed by atoms with van der Waals surface area (Å²) in [6.07, 6.45) is 2.71. The van der Waals surface area contributed by atoms with E-state index in [-0.39, 0.29) is 17.8 Å². The van der Waals surface area contributed by atoms with Gasteiger partial charge in [0, 0.05) is 18.7 Å². The SMILES string of the molecule is CC(C)(C)OC(=O)[C@@H]1CCCN2CCC[C@H](NC(=O)c3ccccc3)C(=O)N12. The number of carbonyl (C=O) groups is 3. The molecule has 2 aliphatic rings. The molecular formula is C21H29N3O4. The van der Waals surface area contributed by atoms with Gasteiger partial charge in [0.15, 0.2) is 0 Å². The third-order valence-corrected chi connectivity index (χ3v) is 4.95. The summed E-state index contributed by atoms with van der Waals surface area (Å²) in [5, 5.41) is 6.34. The largest absolute Gasteiger partial charge is 0.458 e. The Labute approximate surface area is 166 Å². The van der Waals surface area contributed by atoms with E-state index in [1.807, 2.05) is 31.8 Å². The van der Waals surface area contributed by atoms with Gasteiger partial charge in [-0.25, -0.2) is 9.80 Å². The lowest BCUT2D eigenvalue weighted by atomic mass is 10.1. The average molecular weight is 387 g/mol. The Morgan fingerprint density at radius 1 is 1.07 bits per heavy atom. The molecule has 1 aromatic rings. The molecule has 2 fully saturated rings. The predicted molar refractivity (Wildman–Crippen MR) is 104 cm³/mol. The van der Waals surface area contributed by atoms with Crippen LogP contribution in [0, 0.1) is 0 Å². The zero-order valence-corrected chi connectivity index (χ0v) is 16.8. The first-order chi connectivity index (χ1) is 13.3. The molecule has 7 nitrogen and oxygen atoms in total. The van der Waals surface area contributed by atoms with Crippen LogP contribution in [0.5, 0.6) is 0 Å². The molecule has 0 aromatic heterocycles. The first-order valence-electron chi connectivity index (χ1n) is 9.93. The molecule has 0 radical (unpaired) electrons. The van der Waals surface area contributed by atoms with E-state index in [9.17, 15) is 14.4 Å². The number of hydrogen-bond acceptors (Lipinski definition) is 5. The molecule has 7 heteroatoms. The molecule has 0 bridgehead atoms. The molecule has 0 unspecified atom stereocenters. The number of fused-ring (bicyclic) bond motifs is 1. The topological polar surface area (TPSA) is 79.0 Å². The molecule has 2 saturated heterocycles. The Morgan fingerprint density at radius 3 is 2.36 bits per heavy atom. The molecule has 0 saturated carbocycles. The molecule has 2 amide bonds. The van der Waals surface area contributed by atoms with Gasteiger partial charge in [-0.2, -0.15) is 0 Å². The highest BCUT2D eigenvalue weighted by molar-refractivity contribution is 5.98. The van der Waals surface area contributed by atoms with Crippen molar-refractivity contribution in [1.82, 2.24) is 15.3 Å². The molecule has 0 spiro atoms. The Kier molecular flexibility index (Phi) is 6.03. The van der Waals surface area contributed by atoms with Crippen molar-refractivity contribution in [2.45, 2.75) is 64.1 Å². The van der Waals surface area contributed by atoms with E-state index in [1.54, 1.807) is 29.3 Å². The number of hydrazine groups is 1. The van der Waals surface area contributed by atoms with Gasteiger partial charge in [0.25, 0.3) is 11.8 Å².